The summed E-state index contributed by atoms with van der Waals surface area (Å²) < 4.78 is 0. The highest BCUT2D eigenvalue weighted by atomic mass is 14.9. The van der Waals surface area contributed by atoms with Crippen LogP contribution in [0.1, 0.15) is 43.6 Å². The Bertz CT molecular complexity index is 1090. The standard InChI is InChI=1S/C28H27N/c1-3-9-21(10-4-1)22-15-17-25(18-16-22)29-26-19-24-13-7-8-14-27(24)28(20-26)23-11-5-2-6-12-23/h2,5-8,11-21,29H,1,3-4,9-10H2. The molecular formula is C28H27N. The molecule has 0 aliphatic heterocycles. The maximum atomic E-state index is 3.64. The third-order valence-corrected chi connectivity index (χ3v) is 6.22. The summed E-state index contributed by atoms with van der Waals surface area (Å²) in [5, 5.41) is 6.18. The first-order chi connectivity index (χ1) is 14.4. The number of rotatable bonds is 4. The molecule has 1 saturated carbocycles. The normalized spacial score (nSPS) is 14.8. The van der Waals surface area contributed by atoms with Crippen molar-refractivity contribution >= 4 is 22.1 Å². The molecule has 0 spiro atoms. The van der Waals surface area contributed by atoms with Gasteiger partial charge in [0.25, 0.3) is 0 Å². The molecule has 1 nitrogen and oxygen atoms in total. The predicted octanol–water partition coefficient (Wildman–Crippen LogP) is 8.30. The second kappa shape index (κ2) is 8.13. The van der Waals surface area contributed by atoms with E-state index in [2.05, 4.69) is 96.3 Å². The second-order valence-electron chi connectivity index (χ2n) is 8.19. The Balaban J connectivity index is 1.46. The largest absolute Gasteiger partial charge is 0.355 e. The van der Waals surface area contributed by atoms with Crippen LogP contribution in [-0.4, -0.2) is 0 Å². The molecule has 1 aliphatic rings. The lowest BCUT2D eigenvalue weighted by Gasteiger charge is -2.22. The molecule has 1 heteroatoms. The number of anilines is 2. The minimum Gasteiger partial charge on any atom is -0.355 e. The Kier molecular flexibility index (Phi) is 5.04. The van der Waals surface area contributed by atoms with Gasteiger partial charge in [-0.1, -0.05) is 86.0 Å². The van der Waals surface area contributed by atoms with Gasteiger partial charge in [0.1, 0.15) is 0 Å². The number of fused-ring (bicyclic) bond motifs is 1. The molecule has 4 aromatic carbocycles. The third kappa shape index (κ3) is 3.91. The maximum absolute atomic E-state index is 3.64. The molecule has 0 bridgehead atoms. The summed E-state index contributed by atoms with van der Waals surface area (Å²) in [6, 6.07) is 32.9. The van der Waals surface area contributed by atoms with Gasteiger partial charge < -0.3 is 5.32 Å². The highest BCUT2D eigenvalue weighted by Crippen LogP contribution is 2.35. The molecule has 0 heterocycles. The van der Waals surface area contributed by atoms with Gasteiger partial charge in [-0.25, -0.2) is 0 Å². The van der Waals surface area contributed by atoms with Gasteiger partial charge in [-0.05, 0) is 70.5 Å². The van der Waals surface area contributed by atoms with Gasteiger partial charge >= 0.3 is 0 Å². The Labute approximate surface area is 173 Å². The van der Waals surface area contributed by atoms with Crippen LogP contribution in [0.15, 0.2) is 91.0 Å². The van der Waals surface area contributed by atoms with Gasteiger partial charge in [0.2, 0.25) is 0 Å². The van der Waals surface area contributed by atoms with E-state index in [9.17, 15) is 0 Å². The summed E-state index contributed by atoms with van der Waals surface area (Å²) in [6.45, 7) is 0. The van der Waals surface area contributed by atoms with Crippen molar-refractivity contribution in [1.82, 2.24) is 0 Å². The van der Waals surface area contributed by atoms with Crippen molar-refractivity contribution in [2.45, 2.75) is 38.0 Å². The minimum absolute atomic E-state index is 0.753. The number of benzene rings is 4. The Hall–Kier alpha value is -3.06. The zero-order chi connectivity index (χ0) is 19.5. The molecule has 0 unspecified atom stereocenters. The highest BCUT2D eigenvalue weighted by molar-refractivity contribution is 5.99. The number of hydrogen-bond donors (Lipinski definition) is 1. The molecule has 0 saturated heterocycles. The molecule has 0 atom stereocenters. The van der Waals surface area contributed by atoms with Crippen molar-refractivity contribution in [1.29, 1.82) is 0 Å². The third-order valence-electron chi connectivity index (χ3n) is 6.22. The predicted molar refractivity (Wildman–Crippen MR) is 125 cm³/mol. The van der Waals surface area contributed by atoms with Crippen molar-refractivity contribution in [3.63, 3.8) is 0 Å². The number of hydrogen-bond acceptors (Lipinski definition) is 1. The maximum Gasteiger partial charge on any atom is 0.0396 e. The summed E-state index contributed by atoms with van der Waals surface area (Å²) in [5.74, 6) is 0.753. The van der Waals surface area contributed by atoms with Gasteiger partial charge in [0.15, 0.2) is 0 Å². The molecule has 29 heavy (non-hydrogen) atoms. The first kappa shape index (κ1) is 18.0. The molecule has 1 N–H and O–H groups in total. The lowest BCUT2D eigenvalue weighted by Crippen LogP contribution is -2.04. The van der Waals surface area contributed by atoms with Gasteiger partial charge in [-0.15, -0.1) is 0 Å². The van der Waals surface area contributed by atoms with Crippen LogP contribution in [0.5, 0.6) is 0 Å². The van der Waals surface area contributed by atoms with Crippen LogP contribution < -0.4 is 5.32 Å². The van der Waals surface area contributed by atoms with E-state index in [0.717, 1.165) is 17.3 Å². The molecule has 0 radical (unpaired) electrons. The zero-order valence-corrected chi connectivity index (χ0v) is 16.8. The monoisotopic (exact) mass is 377 g/mol. The average molecular weight is 378 g/mol. The van der Waals surface area contributed by atoms with E-state index in [1.807, 2.05) is 0 Å². The molecule has 1 fully saturated rings. The second-order valence-corrected chi connectivity index (χ2v) is 8.19. The summed E-state index contributed by atoms with van der Waals surface area (Å²) in [4.78, 5) is 0. The minimum atomic E-state index is 0.753. The van der Waals surface area contributed by atoms with Crippen LogP contribution in [0.4, 0.5) is 11.4 Å². The first-order valence-electron chi connectivity index (χ1n) is 10.8. The van der Waals surface area contributed by atoms with Crippen molar-refractivity contribution in [3.8, 4) is 11.1 Å². The van der Waals surface area contributed by atoms with Crippen molar-refractivity contribution in [3.05, 3.63) is 96.6 Å². The number of nitrogens with one attached hydrogen (secondary N) is 1. The van der Waals surface area contributed by atoms with Gasteiger partial charge in [0.05, 0.1) is 0 Å². The van der Waals surface area contributed by atoms with Crippen molar-refractivity contribution < 1.29 is 0 Å². The van der Waals surface area contributed by atoms with E-state index in [-0.39, 0.29) is 0 Å². The average Bonchev–Trinajstić information content (AvgIpc) is 2.80. The first-order valence-corrected chi connectivity index (χ1v) is 10.8. The van der Waals surface area contributed by atoms with E-state index in [0.29, 0.717) is 0 Å². The van der Waals surface area contributed by atoms with Crippen LogP contribution >= 0.6 is 0 Å². The molecule has 0 aromatic heterocycles. The van der Waals surface area contributed by atoms with Crippen LogP contribution in [0.2, 0.25) is 0 Å². The fourth-order valence-corrected chi connectivity index (χ4v) is 4.68. The fraction of sp³-hybridized carbons (Fsp3) is 0.214. The summed E-state index contributed by atoms with van der Waals surface area (Å²) in [5.41, 5.74) is 6.30. The molecule has 0 amide bonds. The van der Waals surface area contributed by atoms with Gasteiger partial charge in [-0.2, -0.15) is 0 Å². The van der Waals surface area contributed by atoms with Crippen LogP contribution in [0.25, 0.3) is 21.9 Å². The van der Waals surface area contributed by atoms with E-state index >= 15 is 0 Å². The topological polar surface area (TPSA) is 12.0 Å². The quantitative estimate of drug-likeness (QED) is 0.377. The van der Waals surface area contributed by atoms with E-state index in [1.165, 1.54) is 59.6 Å². The van der Waals surface area contributed by atoms with Crippen LogP contribution in [-0.2, 0) is 0 Å². The van der Waals surface area contributed by atoms with Crippen molar-refractivity contribution in [2.75, 3.05) is 5.32 Å². The molecule has 144 valence electrons. The Morgan fingerprint density at radius 1 is 0.621 bits per heavy atom. The molecule has 1 aliphatic carbocycles. The summed E-state index contributed by atoms with van der Waals surface area (Å²) in [7, 11) is 0. The highest BCUT2D eigenvalue weighted by Gasteiger charge is 2.15. The van der Waals surface area contributed by atoms with E-state index in [1.54, 1.807) is 0 Å². The molecular weight excluding hydrogens is 350 g/mol. The van der Waals surface area contributed by atoms with Crippen LogP contribution in [0.3, 0.4) is 0 Å². The lowest BCUT2D eigenvalue weighted by atomic mass is 9.84. The van der Waals surface area contributed by atoms with Crippen LogP contribution in [0, 0.1) is 0 Å². The summed E-state index contributed by atoms with van der Waals surface area (Å²) >= 11 is 0. The summed E-state index contributed by atoms with van der Waals surface area (Å²) in [6.07, 6.45) is 6.85. The smallest absolute Gasteiger partial charge is 0.0396 e. The Morgan fingerprint density at radius 2 is 1.34 bits per heavy atom. The fourth-order valence-electron chi connectivity index (χ4n) is 4.68. The van der Waals surface area contributed by atoms with E-state index in [4.69, 9.17) is 0 Å². The Morgan fingerprint density at radius 3 is 2.14 bits per heavy atom. The molecule has 5 rings (SSSR count). The van der Waals surface area contributed by atoms with Gasteiger partial charge in [0, 0.05) is 11.4 Å². The zero-order valence-electron chi connectivity index (χ0n) is 16.8. The SMILES string of the molecule is c1ccc(-c2cc(Nc3ccc(C4CCCCC4)cc3)cc3ccccc23)cc1. The van der Waals surface area contributed by atoms with Crippen molar-refractivity contribution in [2.24, 2.45) is 0 Å². The lowest BCUT2D eigenvalue weighted by molar-refractivity contribution is 0.443. The molecule has 4 aromatic rings. The van der Waals surface area contributed by atoms with E-state index < -0.39 is 0 Å². The van der Waals surface area contributed by atoms with Gasteiger partial charge in [-0.3, -0.25) is 0 Å².